The lowest BCUT2D eigenvalue weighted by Crippen LogP contribution is -2.26. The average molecular weight is 250 g/mol. The summed E-state index contributed by atoms with van der Waals surface area (Å²) in [5.41, 5.74) is 0.168. The maximum atomic E-state index is 11.4. The van der Waals surface area contributed by atoms with Gasteiger partial charge in [-0.25, -0.2) is 4.79 Å². The van der Waals surface area contributed by atoms with Crippen LogP contribution in [0.3, 0.4) is 0 Å². The molecule has 5 nitrogen and oxygen atoms in total. The third kappa shape index (κ3) is 2.16. The molecule has 18 heavy (non-hydrogen) atoms. The largest absolute Gasteiger partial charge is 0.476 e. The Morgan fingerprint density at radius 3 is 2.72 bits per heavy atom. The Balaban J connectivity index is 2.33. The van der Waals surface area contributed by atoms with Crippen molar-refractivity contribution in [2.45, 2.75) is 25.7 Å². The number of ketones is 1. The number of ether oxygens (including phenoxy) is 2. The number of aliphatic carboxylic acids is 1. The number of hydrogen-bond acceptors (Lipinski definition) is 4. The summed E-state index contributed by atoms with van der Waals surface area (Å²) in [5, 5.41) is 8.68. The van der Waals surface area contributed by atoms with Gasteiger partial charge in [-0.2, -0.15) is 0 Å². The highest BCUT2D eigenvalue weighted by Gasteiger charge is 2.32. The molecule has 2 rings (SSSR count). The lowest BCUT2D eigenvalue weighted by atomic mass is 9.79. The lowest BCUT2D eigenvalue weighted by Gasteiger charge is -2.24. The van der Waals surface area contributed by atoms with E-state index in [0.29, 0.717) is 11.5 Å². The number of carboxylic acid groups (broad SMARTS) is 1. The van der Waals surface area contributed by atoms with Crippen LogP contribution in [-0.4, -0.2) is 23.7 Å². The van der Waals surface area contributed by atoms with Crippen molar-refractivity contribution in [2.75, 3.05) is 6.79 Å². The molecule has 1 aliphatic rings. The minimum absolute atomic E-state index is 0.0812. The van der Waals surface area contributed by atoms with Gasteiger partial charge in [0.2, 0.25) is 12.6 Å². The van der Waals surface area contributed by atoms with E-state index in [4.69, 9.17) is 14.6 Å². The highest BCUT2D eigenvalue weighted by atomic mass is 16.7. The molecule has 1 aromatic rings. The van der Waals surface area contributed by atoms with Crippen molar-refractivity contribution in [1.29, 1.82) is 0 Å². The lowest BCUT2D eigenvalue weighted by molar-refractivity contribution is -0.149. The van der Waals surface area contributed by atoms with Gasteiger partial charge in [-0.1, -0.05) is 26.0 Å². The van der Waals surface area contributed by atoms with Crippen molar-refractivity contribution in [3.63, 3.8) is 0 Å². The Morgan fingerprint density at radius 2 is 2.06 bits per heavy atom. The fourth-order valence-corrected chi connectivity index (χ4v) is 2.04. The molecule has 1 N–H and O–H groups in total. The molecule has 0 fully saturated rings. The Morgan fingerprint density at radius 1 is 1.33 bits per heavy atom. The highest BCUT2D eigenvalue weighted by molar-refractivity contribution is 6.32. The molecule has 0 bridgehead atoms. The minimum atomic E-state index is -1.41. The standard InChI is InChI=1S/C13H14O5/c1-13(2,6-9(14)12(15)16)8-4-3-5-10-11(8)18-7-17-10/h3-5H,6-7H2,1-2H3,(H,15,16). The van der Waals surface area contributed by atoms with Crippen molar-refractivity contribution in [3.8, 4) is 11.5 Å². The maximum Gasteiger partial charge on any atom is 0.372 e. The molecule has 1 aromatic carbocycles. The predicted octanol–water partition coefficient (Wildman–Crippen LogP) is 1.74. The smallest absolute Gasteiger partial charge is 0.372 e. The van der Waals surface area contributed by atoms with Crippen LogP contribution < -0.4 is 9.47 Å². The number of fused-ring (bicyclic) bond motifs is 1. The number of para-hydroxylation sites is 1. The van der Waals surface area contributed by atoms with Gasteiger partial charge in [-0.05, 0) is 6.07 Å². The molecular formula is C13H14O5. The number of carbonyl (C=O) groups is 2. The first-order valence-corrected chi connectivity index (χ1v) is 5.57. The molecule has 0 saturated heterocycles. The summed E-state index contributed by atoms with van der Waals surface area (Å²) >= 11 is 0. The molecule has 96 valence electrons. The molecule has 0 unspecified atom stereocenters. The van der Waals surface area contributed by atoms with Crippen molar-refractivity contribution in [3.05, 3.63) is 23.8 Å². The molecule has 0 atom stereocenters. The summed E-state index contributed by atoms with van der Waals surface area (Å²) in [7, 11) is 0. The SMILES string of the molecule is CC(C)(CC(=O)C(=O)O)c1cccc2c1OCO2. The van der Waals surface area contributed by atoms with Crippen molar-refractivity contribution < 1.29 is 24.2 Å². The van der Waals surface area contributed by atoms with Crippen LogP contribution in [0.1, 0.15) is 25.8 Å². The third-order valence-electron chi connectivity index (χ3n) is 2.97. The summed E-state index contributed by atoms with van der Waals surface area (Å²) in [6, 6.07) is 5.40. The van der Waals surface area contributed by atoms with Gasteiger partial charge in [0.05, 0.1) is 0 Å². The zero-order valence-corrected chi connectivity index (χ0v) is 10.2. The average Bonchev–Trinajstić information content (AvgIpc) is 2.75. The first-order valence-electron chi connectivity index (χ1n) is 5.57. The van der Waals surface area contributed by atoms with E-state index in [1.54, 1.807) is 12.1 Å². The van der Waals surface area contributed by atoms with Crippen molar-refractivity contribution >= 4 is 11.8 Å². The van der Waals surface area contributed by atoms with Crippen LogP contribution in [0.5, 0.6) is 11.5 Å². The number of carbonyl (C=O) groups excluding carboxylic acids is 1. The molecule has 1 heterocycles. The zero-order chi connectivity index (χ0) is 13.3. The molecule has 0 saturated carbocycles. The molecule has 0 aromatic heterocycles. The summed E-state index contributed by atoms with van der Waals surface area (Å²) in [6.45, 7) is 3.77. The predicted molar refractivity (Wildman–Crippen MR) is 62.9 cm³/mol. The van der Waals surface area contributed by atoms with E-state index >= 15 is 0 Å². The molecule has 0 aliphatic carbocycles. The summed E-state index contributed by atoms with van der Waals surface area (Å²) in [6.07, 6.45) is -0.0812. The second kappa shape index (κ2) is 4.33. The number of hydrogen-bond donors (Lipinski definition) is 1. The van der Waals surface area contributed by atoms with E-state index in [9.17, 15) is 9.59 Å². The molecule has 0 amide bonds. The number of Topliss-reactive ketones (excluding diaryl/α,β-unsaturated/α-hetero) is 1. The highest BCUT2D eigenvalue weighted by Crippen LogP contribution is 2.42. The Bertz CT molecular complexity index is 504. The van der Waals surface area contributed by atoms with Gasteiger partial charge in [0.25, 0.3) is 0 Å². The van der Waals surface area contributed by atoms with Gasteiger partial charge in [0, 0.05) is 17.4 Å². The summed E-state index contributed by atoms with van der Waals surface area (Å²) < 4.78 is 10.6. The van der Waals surface area contributed by atoms with E-state index in [-0.39, 0.29) is 13.2 Å². The molecule has 1 aliphatic heterocycles. The second-order valence-electron chi connectivity index (χ2n) is 4.83. The van der Waals surface area contributed by atoms with Crippen LogP contribution in [0.25, 0.3) is 0 Å². The topological polar surface area (TPSA) is 72.8 Å². The monoisotopic (exact) mass is 250 g/mol. The molecular weight excluding hydrogens is 236 g/mol. The zero-order valence-electron chi connectivity index (χ0n) is 10.2. The Kier molecular flexibility index (Phi) is 2.98. The van der Waals surface area contributed by atoms with Gasteiger partial charge in [0.1, 0.15) is 0 Å². The Hall–Kier alpha value is -2.04. The minimum Gasteiger partial charge on any atom is -0.476 e. The van der Waals surface area contributed by atoms with Crippen LogP contribution in [-0.2, 0) is 15.0 Å². The molecule has 0 spiro atoms. The second-order valence-corrected chi connectivity index (χ2v) is 4.83. The first kappa shape index (κ1) is 12.4. The number of rotatable bonds is 4. The van der Waals surface area contributed by atoms with E-state index in [1.807, 2.05) is 19.9 Å². The molecule has 5 heteroatoms. The summed E-state index contributed by atoms with van der Waals surface area (Å²) in [5.74, 6) is -0.992. The number of benzene rings is 1. The first-order chi connectivity index (χ1) is 8.42. The van der Waals surface area contributed by atoms with Gasteiger partial charge in [-0.3, -0.25) is 4.79 Å². The quantitative estimate of drug-likeness (QED) is 0.824. The van der Waals surface area contributed by atoms with Gasteiger partial charge in [0.15, 0.2) is 11.5 Å². The van der Waals surface area contributed by atoms with Crippen LogP contribution >= 0.6 is 0 Å². The van der Waals surface area contributed by atoms with Gasteiger partial charge >= 0.3 is 5.97 Å². The number of carboxylic acids is 1. The van der Waals surface area contributed by atoms with Gasteiger partial charge in [-0.15, -0.1) is 0 Å². The van der Waals surface area contributed by atoms with Crippen molar-refractivity contribution in [1.82, 2.24) is 0 Å². The van der Waals surface area contributed by atoms with Crippen molar-refractivity contribution in [2.24, 2.45) is 0 Å². The van der Waals surface area contributed by atoms with Gasteiger partial charge < -0.3 is 14.6 Å². The van der Waals surface area contributed by atoms with Crippen LogP contribution in [0.2, 0.25) is 0 Å². The maximum absolute atomic E-state index is 11.4. The van der Waals surface area contributed by atoms with E-state index in [1.165, 1.54) is 0 Å². The van der Waals surface area contributed by atoms with E-state index < -0.39 is 17.2 Å². The molecule has 0 radical (unpaired) electrons. The van der Waals surface area contributed by atoms with Crippen LogP contribution in [0.4, 0.5) is 0 Å². The fourth-order valence-electron chi connectivity index (χ4n) is 2.04. The van der Waals surface area contributed by atoms with E-state index in [2.05, 4.69) is 0 Å². The van der Waals surface area contributed by atoms with Crippen LogP contribution in [0.15, 0.2) is 18.2 Å². The van der Waals surface area contributed by atoms with E-state index in [0.717, 1.165) is 5.56 Å². The third-order valence-corrected chi connectivity index (χ3v) is 2.97. The summed E-state index contributed by atoms with van der Waals surface area (Å²) in [4.78, 5) is 22.0. The Labute approximate surface area is 104 Å². The fraction of sp³-hybridized carbons (Fsp3) is 0.385. The van der Waals surface area contributed by atoms with Crippen LogP contribution in [0, 0.1) is 0 Å². The normalized spacial score (nSPS) is 13.4.